The van der Waals surface area contributed by atoms with Gasteiger partial charge in [-0.2, -0.15) is 13.2 Å². The molecule has 0 saturated carbocycles. The highest BCUT2D eigenvalue weighted by Crippen LogP contribution is 2.32. The monoisotopic (exact) mass is 421 g/mol. The molecule has 0 aliphatic carbocycles. The third kappa shape index (κ3) is 4.05. The van der Waals surface area contributed by atoms with Gasteiger partial charge in [-0.25, -0.2) is 4.98 Å². The number of likely N-dealkylation sites (tertiary alicyclic amines) is 1. The molecule has 1 aliphatic rings. The van der Waals surface area contributed by atoms with Gasteiger partial charge in [0.25, 0.3) is 5.56 Å². The van der Waals surface area contributed by atoms with Crippen molar-refractivity contribution in [2.75, 3.05) is 13.1 Å². The predicted molar refractivity (Wildman–Crippen MR) is 98.5 cm³/mol. The molecule has 0 bridgehead atoms. The number of carbonyl (C=O) groups is 1. The van der Waals surface area contributed by atoms with E-state index in [0.717, 1.165) is 0 Å². The Morgan fingerprint density at radius 2 is 2.03 bits per heavy atom. The van der Waals surface area contributed by atoms with Crippen molar-refractivity contribution < 1.29 is 22.4 Å². The first-order chi connectivity index (χ1) is 14.3. The number of rotatable bonds is 4. The summed E-state index contributed by atoms with van der Waals surface area (Å²) in [7, 11) is 0. The second-order valence-electron chi connectivity index (χ2n) is 7.13. The third-order valence-electron chi connectivity index (χ3n) is 5.10. The van der Waals surface area contributed by atoms with Crippen LogP contribution in [-0.4, -0.2) is 43.6 Å². The van der Waals surface area contributed by atoms with E-state index in [-0.39, 0.29) is 36.9 Å². The smallest absolute Gasteiger partial charge is 0.417 e. The van der Waals surface area contributed by atoms with E-state index < -0.39 is 18.0 Å². The van der Waals surface area contributed by atoms with Crippen LogP contribution in [0.3, 0.4) is 0 Å². The van der Waals surface area contributed by atoms with E-state index in [4.69, 9.17) is 4.42 Å². The summed E-state index contributed by atoms with van der Waals surface area (Å²) in [4.78, 5) is 30.9. The van der Waals surface area contributed by atoms with Gasteiger partial charge in [-0.05, 0) is 25.0 Å². The molecule has 1 atom stereocenters. The maximum atomic E-state index is 12.7. The fourth-order valence-electron chi connectivity index (χ4n) is 3.56. The van der Waals surface area contributed by atoms with Crippen LogP contribution < -0.4 is 5.56 Å². The summed E-state index contributed by atoms with van der Waals surface area (Å²) in [6.45, 7) is 0.846. The minimum absolute atomic E-state index is 0.0737. The molecule has 0 N–H and O–H groups in total. The zero-order chi connectivity index (χ0) is 21.3. The summed E-state index contributed by atoms with van der Waals surface area (Å²) in [6, 6.07) is 6.95. The normalized spacial score (nSPS) is 17.4. The molecule has 1 fully saturated rings. The highest BCUT2D eigenvalue weighted by molar-refractivity contribution is 5.77. The second-order valence-corrected chi connectivity index (χ2v) is 7.13. The topological polar surface area (TPSA) is 94.1 Å². The van der Waals surface area contributed by atoms with E-state index in [1.54, 1.807) is 29.2 Å². The minimum atomic E-state index is -4.70. The number of amides is 1. The van der Waals surface area contributed by atoms with Crippen molar-refractivity contribution in [1.82, 2.24) is 24.6 Å². The Labute approximate surface area is 168 Å². The standard InChI is InChI=1S/C19H18F3N5O3/c20-19(21,22)18-25-24-16(30-18)12-4-3-8-26(10-12)15(28)7-9-27-11-23-14-6-2-1-5-13(14)17(27)29/h1-2,5-6,11-12H,3-4,7-10H2/t12-/m0/s1. The quantitative estimate of drug-likeness (QED) is 0.643. The number of halogens is 3. The molecular formula is C19H18F3N5O3. The number of alkyl halides is 3. The van der Waals surface area contributed by atoms with Crippen LogP contribution >= 0.6 is 0 Å². The Bertz CT molecular complexity index is 1120. The van der Waals surface area contributed by atoms with Gasteiger partial charge in [0.1, 0.15) is 0 Å². The Kier molecular flexibility index (Phi) is 5.27. The number of hydrogen-bond donors (Lipinski definition) is 0. The van der Waals surface area contributed by atoms with Crippen LogP contribution in [0.15, 0.2) is 39.8 Å². The van der Waals surface area contributed by atoms with E-state index in [0.29, 0.717) is 30.3 Å². The maximum absolute atomic E-state index is 12.7. The van der Waals surface area contributed by atoms with Gasteiger partial charge in [0.2, 0.25) is 11.8 Å². The predicted octanol–water partition coefficient (Wildman–Crippen LogP) is 2.59. The lowest BCUT2D eigenvalue weighted by Crippen LogP contribution is -2.39. The Morgan fingerprint density at radius 3 is 2.80 bits per heavy atom. The van der Waals surface area contributed by atoms with E-state index in [1.807, 2.05) is 0 Å². The SMILES string of the molecule is O=C(CCn1cnc2ccccc2c1=O)N1CCC[C@H](c2nnc(C(F)(F)F)o2)C1. The lowest BCUT2D eigenvalue weighted by Gasteiger charge is -2.31. The lowest BCUT2D eigenvalue weighted by atomic mass is 9.98. The van der Waals surface area contributed by atoms with E-state index in [2.05, 4.69) is 15.2 Å². The molecule has 8 nitrogen and oxygen atoms in total. The number of aromatic nitrogens is 4. The number of nitrogens with zero attached hydrogens (tertiary/aromatic N) is 5. The highest BCUT2D eigenvalue weighted by atomic mass is 19.4. The van der Waals surface area contributed by atoms with Gasteiger partial charge in [-0.1, -0.05) is 12.1 Å². The largest absolute Gasteiger partial charge is 0.470 e. The fourth-order valence-corrected chi connectivity index (χ4v) is 3.56. The van der Waals surface area contributed by atoms with Crippen molar-refractivity contribution in [3.8, 4) is 0 Å². The van der Waals surface area contributed by atoms with Crippen molar-refractivity contribution >= 4 is 16.8 Å². The van der Waals surface area contributed by atoms with Crippen LogP contribution in [0.25, 0.3) is 10.9 Å². The summed E-state index contributed by atoms with van der Waals surface area (Å²) in [5, 5.41) is 7.03. The number of para-hydroxylation sites is 1. The van der Waals surface area contributed by atoms with Gasteiger partial charge in [-0.3, -0.25) is 14.2 Å². The zero-order valence-corrected chi connectivity index (χ0v) is 15.8. The number of piperidine rings is 1. The lowest BCUT2D eigenvalue weighted by molar-refractivity contribution is -0.157. The molecule has 11 heteroatoms. The van der Waals surface area contributed by atoms with Crippen molar-refractivity contribution in [2.24, 2.45) is 0 Å². The molecular weight excluding hydrogens is 403 g/mol. The molecule has 2 aromatic heterocycles. The molecule has 3 heterocycles. The maximum Gasteiger partial charge on any atom is 0.470 e. The third-order valence-corrected chi connectivity index (χ3v) is 5.10. The molecule has 158 valence electrons. The van der Waals surface area contributed by atoms with Crippen LogP contribution in [-0.2, 0) is 17.5 Å². The number of benzene rings is 1. The number of hydrogen-bond acceptors (Lipinski definition) is 6. The first kappa shape index (κ1) is 20.0. The first-order valence-electron chi connectivity index (χ1n) is 9.45. The van der Waals surface area contributed by atoms with Crippen LogP contribution in [0.1, 0.15) is 37.0 Å². The molecule has 0 radical (unpaired) electrons. The molecule has 0 spiro atoms. The van der Waals surface area contributed by atoms with Gasteiger partial charge in [0.05, 0.1) is 23.1 Å². The van der Waals surface area contributed by atoms with Gasteiger partial charge >= 0.3 is 12.1 Å². The van der Waals surface area contributed by atoms with Crippen LogP contribution in [0.5, 0.6) is 0 Å². The minimum Gasteiger partial charge on any atom is -0.417 e. The highest BCUT2D eigenvalue weighted by Gasteiger charge is 2.39. The summed E-state index contributed by atoms with van der Waals surface area (Å²) in [5.74, 6) is -2.15. The van der Waals surface area contributed by atoms with Crippen molar-refractivity contribution in [3.63, 3.8) is 0 Å². The van der Waals surface area contributed by atoms with Gasteiger partial charge < -0.3 is 9.32 Å². The average molecular weight is 421 g/mol. The molecule has 1 amide bonds. The number of aryl methyl sites for hydroxylation is 1. The van der Waals surface area contributed by atoms with Crippen LogP contribution in [0.4, 0.5) is 13.2 Å². The molecule has 4 rings (SSSR count). The van der Waals surface area contributed by atoms with Crippen molar-refractivity contribution in [3.05, 3.63) is 52.7 Å². The summed E-state index contributed by atoms with van der Waals surface area (Å²) in [5.41, 5.74) is 0.359. The summed E-state index contributed by atoms with van der Waals surface area (Å²) < 4.78 is 44.2. The summed E-state index contributed by atoms with van der Waals surface area (Å²) >= 11 is 0. The Morgan fingerprint density at radius 1 is 1.23 bits per heavy atom. The number of carbonyl (C=O) groups excluding carboxylic acids is 1. The molecule has 0 unspecified atom stereocenters. The van der Waals surface area contributed by atoms with Gasteiger partial charge in [-0.15, -0.1) is 10.2 Å². The van der Waals surface area contributed by atoms with E-state index >= 15 is 0 Å². The van der Waals surface area contributed by atoms with E-state index in [9.17, 15) is 22.8 Å². The van der Waals surface area contributed by atoms with Gasteiger partial charge in [0.15, 0.2) is 0 Å². The van der Waals surface area contributed by atoms with Crippen molar-refractivity contribution in [2.45, 2.75) is 37.9 Å². The zero-order valence-electron chi connectivity index (χ0n) is 15.8. The number of fused-ring (bicyclic) bond motifs is 1. The van der Waals surface area contributed by atoms with Crippen LogP contribution in [0, 0.1) is 0 Å². The molecule has 30 heavy (non-hydrogen) atoms. The second kappa shape index (κ2) is 7.88. The van der Waals surface area contributed by atoms with Crippen LogP contribution in [0.2, 0.25) is 0 Å². The first-order valence-corrected chi connectivity index (χ1v) is 9.45. The fraction of sp³-hybridized carbons (Fsp3) is 0.421. The Balaban J connectivity index is 1.41. The molecule has 1 aliphatic heterocycles. The Hall–Kier alpha value is -3.24. The average Bonchev–Trinajstić information content (AvgIpc) is 3.24. The van der Waals surface area contributed by atoms with E-state index in [1.165, 1.54) is 10.9 Å². The molecule has 1 saturated heterocycles. The van der Waals surface area contributed by atoms with Gasteiger partial charge in [0, 0.05) is 26.1 Å². The molecule has 3 aromatic rings. The summed E-state index contributed by atoms with van der Waals surface area (Å²) in [6.07, 6.45) is -2.05. The molecule has 1 aromatic carbocycles. The van der Waals surface area contributed by atoms with Crippen molar-refractivity contribution in [1.29, 1.82) is 0 Å².